The molecule has 1 heterocycles. The van der Waals surface area contributed by atoms with E-state index < -0.39 is 0 Å². The number of likely N-dealkylation sites (N-methyl/N-ethyl adjacent to an activating group) is 1. The second-order valence-corrected chi connectivity index (χ2v) is 4.90. The monoisotopic (exact) mass is 252 g/mol. The maximum atomic E-state index is 9.11. The lowest BCUT2D eigenvalue weighted by atomic mass is 10.2. The van der Waals surface area contributed by atoms with E-state index in [0.717, 1.165) is 36.9 Å². The van der Waals surface area contributed by atoms with Gasteiger partial charge in [-0.15, -0.1) is 11.3 Å². The number of rotatable bonds is 7. The van der Waals surface area contributed by atoms with Crippen LogP contribution in [0.25, 0.3) is 0 Å². The molecule has 1 unspecified atom stereocenters. The minimum atomic E-state index is -0.282. The second-order valence-electron chi connectivity index (χ2n) is 3.83. The van der Waals surface area contributed by atoms with E-state index in [1.807, 2.05) is 12.3 Å². The molecule has 4 nitrogen and oxygen atoms in total. The lowest BCUT2D eigenvalue weighted by molar-refractivity contribution is 0.300. The van der Waals surface area contributed by atoms with Gasteiger partial charge in [0.15, 0.2) is 0 Å². The lowest BCUT2D eigenvalue weighted by Gasteiger charge is -2.19. The zero-order chi connectivity index (χ0) is 12.7. The summed E-state index contributed by atoms with van der Waals surface area (Å²) in [6.45, 7) is 10.1. The Kier molecular flexibility index (Phi) is 6.12. The summed E-state index contributed by atoms with van der Waals surface area (Å²) in [5.74, 6) is 0. The minimum absolute atomic E-state index is 0.282. The Morgan fingerprint density at radius 2 is 2.24 bits per heavy atom. The summed E-state index contributed by atoms with van der Waals surface area (Å²) < 4.78 is 0. The Morgan fingerprint density at radius 1 is 1.53 bits per heavy atom. The maximum absolute atomic E-state index is 9.11. The van der Waals surface area contributed by atoms with E-state index in [2.05, 4.69) is 35.1 Å². The predicted molar refractivity (Wildman–Crippen MR) is 71.0 cm³/mol. The van der Waals surface area contributed by atoms with E-state index in [9.17, 15) is 0 Å². The van der Waals surface area contributed by atoms with Crippen LogP contribution in [0.2, 0.25) is 0 Å². The maximum Gasteiger partial charge on any atom is 0.139 e. The van der Waals surface area contributed by atoms with Crippen LogP contribution in [0.5, 0.6) is 0 Å². The van der Waals surface area contributed by atoms with Crippen molar-refractivity contribution >= 4 is 11.3 Å². The van der Waals surface area contributed by atoms with Crippen molar-refractivity contribution < 1.29 is 0 Å². The van der Waals surface area contributed by atoms with E-state index in [-0.39, 0.29) is 6.04 Å². The first-order valence-corrected chi connectivity index (χ1v) is 6.86. The number of hydrogen-bond acceptors (Lipinski definition) is 5. The average molecular weight is 252 g/mol. The van der Waals surface area contributed by atoms with Crippen LogP contribution in [0.15, 0.2) is 5.38 Å². The molecule has 0 saturated carbocycles. The Morgan fingerprint density at radius 3 is 2.71 bits per heavy atom. The van der Waals surface area contributed by atoms with Gasteiger partial charge in [-0.2, -0.15) is 5.26 Å². The molecule has 0 amide bonds. The van der Waals surface area contributed by atoms with Crippen LogP contribution in [-0.4, -0.2) is 36.1 Å². The fourth-order valence-electron chi connectivity index (χ4n) is 1.64. The minimum Gasteiger partial charge on any atom is -0.303 e. The van der Waals surface area contributed by atoms with Crippen molar-refractivity contribution in [3.8, 4) is 6.07 Å². The van der Waals surface area contributed by atoms with E-state index in [0.29, 0.717) is 0 Å². The van der Waals surface area contributed by atoms with Gasteiger partial charge < -0.3 is 4.90 Å². The highest BCUT2D eigenvalue weighted by atomic mass is 32.1. The summed E-state index contributed by atoms with van der Waals surface area (Å²) in [6.07, 6.45) is 0. The first-order valence-electron chi connectivity index (χ1n) is 5.98. The normalized spacial score (nSPS) is 12.6. The fourth-order valence-corrected chi connectivity index (χ4v) is 2.27. The first kappa shape index (κ1) is 14.1. The number of nitrogens with zero attached hydrogens (tertiary/aromatic N) is 3. The average Bonchev–Trinajstić information content (AvgIpc) is 2.76. The van der Waals surface area contributed by atoms with E-state index >= 15 is 0 Å². The summed E-state index contributed by atoms with van der Waals surface area (Å²) in [5.41, 5.74) is 0.842. The molecule has 1 aromatic rings. The molecule has 5 heteroatoms. The van der Waals surface area contributed by atoms with Crippen molar-refractivity contribution in [1.82, 2.24) is 15.2 Å². The van der Waals surface area contributed by atoms with Crippen molar-refractivity contribution in [2.75, 3.05) is 26.2 Å². The Labute approximate surface area is 107 Å². The van der Waals surface area contributed by atoms with Gasteiger partial charge in [0.1, 0.15) is 6.04 Å². The number of aromatic nitrogens is 1. The second kappa shape index (κ2) is 7.38. The fraction of sp³-hybridized carbons (Fsp3) is 0.667. The van der Waals surface area contributed by atoms with Crippen LogP contribution in [0.3, 0.4) is 0 Å². The summed E-state index contributed by atoms with van der Waals surface area (Å²) in [4.78, 5) is 6.67. The van der Waals surface area contributed by atoms with Gasteiger partial charge in [0.25, 0.3) is 0 Å². The van der Waals surface area contributed by atoms with Gasteiger partial charge >= 0.3 is 0 Å². The highest BCUT2D eigenvalue weighted by molar-refractivity contribution is 7.09. The van der Waals surface area contributed by atoms with E-state index in [4.69, 9.17) is 5.26 Å². The van der Waals surface area contributed by atoms with Gasteiger partial charge in [0.2, 0.25) is 0 Å². The molecule has 0 saturated heterocycles. The summed E-state index contributed by atoms with van der Waals surface area (Å²) in [7, 11) is 0. The topological polar surface area (TPSA) is 52.0 Å². The standard InChI is InChI=1S/C12H20N4S/c1-4-16(5-2)7-6-14-11(8-13)12-9-17-10(3)15-12/h9,11,14H,4-7H2,1-3H3. The quantitative estimate of drug-likeness (QED) is 0.806. The molecule has 94 valence electrons. The molecular weight excluding hydrogens is 232 g/mol. The van der Waals surface area contributed by atoms with Crippen LogP contribution in [0.1, 0.15) is 30.6 Å². The van der Waals surface area contributed by atoms with Gasteiger partial charge in [-0.3, -0.25) is 5.32 Å². The summed E-state index contributed by atoms with van der Waals surface area (Å²) in [5, 5.41) is 15.3. The van der Waals surface area contributed by atoms with Gasteiger partial charge in [0, 0.05) is 18.5 Å². The number of aryl methyl sites for hydroxylation is 1. The van der Waals surface area contributed by atoms with Gasteiger partial charge in [-0.1, -0.05) is 13.8 Å². The Bertz CT molecular complexity index is 365. The van der Waals surface area contributed by atoms with Gasteiger partial charge in [0.05, 0.1) is 16.8 Å². The number of nitrogens with one attached hydrogen (secondary N) is 1. The Hall–Kier alpha value is -0.960. The summed E-state index contributed by atoms with van der Waals surface area (Å²) in [6, 6.07) is 1.97. The van der Waals surface area contributed by atoms with Crippen LogP contribution in [0.4, 0.5) is 0 Å². The Balaban J connectivity index is 2.41. The largest absolute Gasteiger partial charge is 0.303 e. The molecule has 0 fully saturated rings. The number of nitriles is 1. The van der Waals surface area contributed by atoms with Crippen LogP contribution in [-0.2, 0) is 0 Å². The molecule has 0 radical (unpaired) electrons. The molecule has 0 aliphatic heterocycles. The third-order valence-electron chi connectivity index (χ3n) is 2.73. The van der Waals surface area contributed by atoms with Gasteiger partial charge in [-0.25, -0.2) is 4.98 Å². The highest BCUT2D eigenvalue weighted by Crippen LogP contribution is 2.15. The molecular formula is C12H20N4S. The van der Waals surface area contributed by atoms with Crippen LogP contribution in [0, 0.1) is 18.3 Å². The zero-order valence-corrected chi connectivity index (χ0v) is 11.5. The molecule has 0 aromatic carbocycles. The molecule has 0 bridgehead atoms. The van der Waals surface area contributed by atoms with Crippen molar-refractivity contribution in [2.24, 2.45) is 0 Å². The highest BCUT2D eigenvalue weighted by Gasteiger charge is 2.12. The van der Waals surface area contributed by atoms with Crippen molar-refractivity contribution in [3.63, 3.8) is 0 Å². The smallest absolute Gasteiger partial charge is 0.139 e. The van der Waals surface area contributed by atoms with E-state index in [1.54, 1.807) is 11.3 Å². The molecule has 1 atom stereocenters. The number of hydrogen-bond donors (Lipinski definition) is 1. The van der Waals surface area contributed by atoms with Crippen LogP contribution >= 0.6 is 11.3 Å². The molecule has 1 rings (SSSR count). The molecule has 0 aliphatic rings. The summed E-state index contributed by atoms with van der Waals surface area (Å²) >= 11 is 1.58. The SMILES string of the molecule is CCN(CC)CCNC(C#N)c1csc(C)n1. The molecule has 0 aliphatic carbocycles. The molecule has 17 heavy (non-hydrogen) atoms. The molecule has 0 spiro atoms. The third-order valence-corrected chi connectivity index (χ3v) is 3.52. The molecule has 1 N–H and O–H groups in total. The lowest BCUT2D eigenvalue weighted by Crippen LogP contribution is -2.33. The van der Waals surface area contributed by atoms with Gasteiger partial charge in [-0.05, 0) is 20.0 Å². The molecule has 1 aromatic heterocycles. The first-order chi connectivity index (χ1) is 8.21. The van der Waals surface area contributed by atoms with Crippen molar-refractivity contribution in [1.29, 1.82) is 5.26 Å². The van der Waals surface area contributed by atoms with E-state index in [1.165, 1.54) is 0 Å². The van der Waals surface area contributed by atoms with Crippen molar-refractivity contribution in [3.05, 3.63) is 16.1 Å². The number of thiazole rings is 1. The van der Waals surface area contributed by atoms with Crippen molar-refractivity contribution in [2.45, 2.75) is 26.8 Å². The van der Waals surface area contributed by atoms with Crippen LogP contribution < -0.4 is 5.32 Å². The zero-order valence-electron chi connectivity index (χ0n) is 10.7. The third kappa shape index (κ3) is 4.43. The predicted octanol–water partition coefficient (Wildman–Crippen LogP) is 1.95.